The number of hydrogen-bond donors (Lipinski definition) is 0. The van der Waals surface area contributed by atoms with Gasteiger partial charge in [-0.1, -0.05) is 25.7 Å². The van der Waals surface area contributed by atoms with Crippen molar-refractivity contribution in [3.05, 3.63) is 23.8 Å². The van der Waals surface area contributed by atoms with E-state index in [9.17, 15) is 13.0 Å². The van der Waals surface area contributed by atoms with Gasteiger partial charge in [-0.2, -0.15) is 0 Å². The van der Waals surface area contributed by atoms with Crippen molar-refractivity contribution in [2.75, 3.05) is 50.5 Å². The molecule has 1 fully saturated rings. The average molecular weight is 380 g/mol. The zero-order valence-electron chi connectivity index (χ0n) is 15.7. The Kier molecular flexibility index (Phi) is 7.33. The number of ether oxygens (including phenoxy) is 1. The van der Waals surface area contributed by atoms with E-state index in [1.54, 1.807) is 7.11 Å². The van der Waals surface area contributed by atoms with Crippen LogP contribution in [0.25, 0.3) is 0 Å². The Labute approximate surface area is 156 Å². The molecular formula is C19H27N2O4S-. The molecule has 0 atom stereocenters. The molecule has 0 saturated carbocycles. The summed E-state index contributed by atoms with van der Waals surface area (Å²) in [4.78, 5) is 4.46. The van der Waals surface area contributed by atoms with Gasteiger partial charge in [-0.15, -0.1) is 0 Å². The van der Waals surface area contributed by atoms with Gasteiger partial charge in [0.15, 0.2) is 0 Å². The number of nitrogens with zero attached hydrogens (tertiary/aromatic N) is 2. The molecule has 1 aliphatic rings. The number of piperazine rings is 1. The van der Waals surface area contributed by atoms with Crippen LogP contribution in [0.4, 0.5) is 5.69 Å². The molecule has 0 bridgehead atoms. The molecule has 6 nitrogen and oxygen atoms in total. The van der Waals surface area contributed by atoms with Gasteiger partial charge in [-0.25, -0.2) is 8.42 Å². The summed E-state index contributed by atoms with van der Waals surface area (Å²) >= 11 is 0. The number of rotatable bonds is 6. The van der Waals surface area contributed by atoms with Crippen LogP contribution in [0.3, 0.4) is 0 Å². The molecule has 7 heteroatoms. The third kappa shape index (κ3) is 6.52. The minimum absolute atomic E-state index is 0.294. The summed E-state index contributed by atoms with van der Waals surface area (Å²) in [5.41, 5.74) is 2.00. The molecule has 0 unspecified atom stereocenters. The quantitative estimate of drug-likeness (QED) is 0.554. The fourth-order valence-corrected chi connectivity index (χ4v) is 3.40. The maximum Gasteiger partial charge on any atom is 0.142 e. The molecule has 1 saturated heterocycles. The second-order valence-corrected chi connectivity index (χ2v) is 8.28. The zero-order valence-corrected chi connectivity index (χ0v) is 16.5. The molecule has 0 radical (unpaired) electrons. The topological polar surface area (TPSA) is 72.9 Å². The van der Waals surface area contributed by atoms with Crippen LogP contribution in [-0.2, 0) is 10.1 Å². The second-order valence-electron chi connectivity index (χ2n) is 6.75. The first-order valence-electron chi connectivity index (χ1n) is 8.89. The third-order valence-corrected chi connectivity index (χ3v) is 5.05. The van der Waals surface area contributed by atoms with E-state index in [1.807, 2.05) is 12.1 Å². The SMILES string of the molecule is COc1ccc(C#CC(C)C)cc1N1CCN(CCCS(=O)(=O)[O-])CC1. The number of hydrogen-bond acceptors (Lipinski definition) is 6. The van der Waals surface area contributed by atoms with Crippen LogP contribution in [0.1, 0.15) is 25.8 Å². The Balaban J connectivity index is 1.99. The minimum atomic E-state index is -4.12. The van der Waals surface area contributed by atoms with Gasteiger partial charge >= 0.3 is 0 Å². The lowest BCUT2D eigenvalue weighted by molar-refractivity contribution is 0.257. The molecule has 1 aliphatic heterocycles. The molecule has 144 valence electrons. The average Bonchev–Trinajstić information content (AvgIpc) is 2.59. The van der Waals surface area contributed by atoms with Gasteiger partial charge < -0.3 is 14.2 Å². The lowest BCUT2D eigenvalue weighted by Crippen LogP contribution is -2.47. The van der Waals surface area contributed by atoms with Crippen LogP contribution in [0.2, 0.25) is 0 Å². The molecule has 1 heterocycles. The molecule has 0 N–H and O–H groups in total. The molecule has 0 aromatic heterocycles. The van der Waals surface area contributed by atoms with Crippen molar-refractivity contribution in [1.29, 1.82) is 0 Å². The minimum Gasteiger partial charge on any atom is -0.748 e. The summed E-state index contributed by atoms with van der Waals surface area (Å²) in [5, 5.41) is 0. The fraction of sp³-hybridized carbons (Fsp3) is 0.579. The van der Waals surface area contributed by atoms with E-state index in [-0.39, 0.29) is 5.75 Å². The molecule has 0 aliphatic carbocycles. The van der Waals surface area contributed by atoms with Crippen molar-refractivity contribution in [3.63, 3.8) is 0 Å². The predicted octanol–water partition coefficient (Wildman–Crippen LogP) is 1.76. The van der Waals surface area contributed by atoms with Crippen LogP contribution in [0.5, 0.6) is 5.75 Å². The van der Waals surface area contributed by atoms with Gasteiger partial charge in [-0.05, 0) is 31.2 Å². The van der Waals surface area contributed by atoms with E-state index < -0.39 is 10.1 Å². The third-order valence-electron chi connectivity index (χ3n) is 4.27. The first-order chi connectivity index (χ1) is 12.3. The molecular weight excluding hydrogens is 352 g/mol. The largest absolute Gasteiger partial charge is 0.748 e. The molecule has 1 aromatic rings. The van der Waals surface area contributed by atoms with E-state index in [4.69, 9.17) is 4.74 Å². The lowest BCUT2D eigenvalue weighted by atomic mass is 10.1. The normalized spacial score (nSPS) is 15.7. The molecule has 0 spiro atoms. The fourth-order valence-electron chi connectivity index (χ4n) is 2.92. The van der Waals surface area contributed by atoms with Crippen LogP contribution >= 0.6 is 0 Å². The Morgan fingerprint density at radius 2 is 1.92 bits per heavy atom. The number of anilines is 1. The van der Waals surface area contributed by atoms with Crippen molar-refractivity contribution >= 4 is 15.8 Å². The van der Waals surface area contributed by atoms with E-state index >= 15 is 0 Å². The number of benzene rings is 1. The highest BCUT2D eigenvalue weighted by atomic mass is 32.2. The Morgan fingerprint density at radius 1 is 1.23 bits per heavy atom. The zero-order chi connectivity index (χ0) is 19.2. The van der Waals surface area contributed by atoms with Crippen molar-refractivity contribution in [2.24, 2.45) is 5.92 Å². The highest BCUT2D eigenvalue weighted by Crippen LogP contribution is 2.30. The lowest BCUT2D eigenvalue weighted by Gasteiger charge is -2.36. The number of methoxy groups -OCH3 is 1. The van der Waals surface area contributed by atoms with Crippen LogP contribution in [0, 0.1) is 17.8 Å². The Morgan fingerprint density at radius 3 is 2.50 bits per heavy atom. The van der Waals surface area contributed by atoms with Gasteiger partial charge in [0.1, 0.15) is 5.75 Å². The van der Waals surface area contributed by atoms with E-state index in [0.717, 1.165) is 43.2 Å². The summed E-state index contributed by atoms with van der Waals surface area (Å²) in [6.45, 7) is 8.05. The smallest absolute Gasteiger partial charge is 0.142 e. The maximum atomic E-state index is 10.7. The molecule has 2 rings (SSSR count). The predicted molar refractivity (Wildman–Crippen MR) is 103 cm³/mol. The Hall–Kier alpha value is -1.75. The monoisotopic (exact) mass is 379 g/mol. The van der Waals surface area contributed by atoms with E-state index in [0.29, 0.717) is 18.9 Å². The van der Waals surface area contributed by atoms with E-state index in [2.05, 4.69) is 41.6 Å². The van der Waals surface area contributed by atoms with Gasteiger partial charge in [-0.3, -0.25) is 4.90 Å². The molecule has 0 amide bonds. The van der Waals surface area contributed by atoms with Gasteiger partial charge in [0.05, 0.1) is 22.9 Å². The van der Waals surface area contributed by atoms with E-state index in [1.165, 1.54) is 0 Å². The van der Waals surface area contributed by atoms with Gasteiger partial charge in [0.25, 0.3) is 0 Å². The molecule has 1 aromatic carbocycles. The highest BCUT2D eigenvalue weighted by Gasteiger charge is 2.20. The van der Waals surface area contributed by atoms with Crippen LogP contribution in [0.15, 0.2) is 18.2 Å². The molecule has 26 heavy (non-hydrogen) atoms. The first kappa shape index (κ1) is 20.6. The standard InChI is InChI=1S/C19H28N2O4S/c1-16(2)5-6-17-7-8-19(25-3)18(15-17)21-12-10-20(11-13-21)9-4-14-26(22,23)24/h7-8,15-16H,4,9-14H2,1-3H3,(H,22,23,24)/p-1. The van der Waals surface area contributed by atoms with Crippen molar-refractivity contribution < 1.29 is 17.7 Å². The van der Waals surface area contributed by atoms with Crippen LogP contribution in [-0.4, -0.2) is 63.5 Å². The summed E-state index contributed by atoms with van der Waals surface area (Å²) < 4.78 is 37.6. The van der Waals surface area contributed by atoms with Crippen molar-refractivity contribution in [3.8, 4) is 17.6 Å². The summed E-state index contributed by atoms with van der Waals surface area (Å²) in [5.74, 6) is 7.23. The summed E-state index contributed by atoms with van der Waals surface area (Å²) in [7, 11) is -2.46. The van der Waals surface area contributed by atoms with Gasteiger partial charge in [0.2, 0.25) is 0 Å². The summed E-state index contributed by atoms with van der Waals surface area (Å²) in [6.07, 6.45) is 0.384. The van der Waals surface area contributed by atoms with Crippen molar-refractivity contribution in [2.45, 2.75) is 20.3 Å². The Bertz CT molecular complexity index is 757. The van der Waals surface area contributed by atoms with Gasteiger partial charge in [0, 0.05) is 43.4 Å². The summed E-state index contributed by atoms with van der Waals surface area (Å²) in [6, 6.07) is 5.98. The highest BCUT2D eigenvalue weighted by molar-refractivity contribution is 7.85. The maximum absolute atomic E-state index is 10.7. The second kappa shape index (κ2) is 9.26. The first-order valence-corrected chi connectivity index (χ1v) is 10.5. The van der Waals surface area contributed by atoms with Crippen LogP contribution < -0.4 is 9.64 Å². The van der Waals surface area contributed by atoms with Crippen molar-refractivity contribution in [1.82, 2.24) is 4.90 Å².